The molecule has 6 heteroatoms. The van der Waals surface area contributed by atoms with Crippen molar-refractivity contribution in [1.82, 2.24) is 14.7 Å². The van der Waals surface area contributed by atoms with Gasteiger partial charge in [-0.15, -0.1) is 0 Å². The van der Waals surface area contributed by atoms with E-state index in [-0.39, 0.29) is 11.5 Å². The zero-order chi connectivity index (χ0) is 20.2. The van der Waals surface area contributed by atoms with Crippen molar-refractivity contribution < 1.29 is 9.53 Å². The van der Waals surface area contributed by atoms with Gasteiger partial charge >= 0.3 is 0 Å². The Balaban J connectivity index is 1.52. The summed E-state index contributed by atoms with van der Waals surface area (Å²) in [6.45, 7) is 3.13. The van der Waals surface area contributed by atoms with E-state index in [0.29, 0.717) is 35.3 Å². The highest BCUT2D eigenvalue weighted by molar-refractivity contribution is 5.94. The predicted octanol–water partition coefficient (Wildman–Crippen LogP) is 3.57. The molecule has 0 spiro atoms. The molecule has 6 nitrogen and oxygen atoms in total. The number of hydrogen-bond donors (Lipinski definition) is 1. The molecule has 2 aromatic heterocycles. The Labute approximate surface area is 167 Å². The molecular weight excluding hydrogens is 366 g/mol. The van der Waals surface area contributed by atoms with Crippen LogP contribution in [0.2, 0.25) is 0 Å². The Morgan fingerprint density at radius 2 is 1.86 bits per heavy atom. The van der Waals surface area contributed by atoms with Crippen LogP contribution in [0.3, 0.4) is 0 Å². The van der Waals surface area contributed by atoms with Gasteiger partial charge in [-0.1, -0.05) is 31.2 Å². The fourth-order valence-electron chi connectivity index (χ4n) is 3.09. The molecule has 0 aliphatic rings. The first-order valence-electron chi connectivity index (χ1n) is 9.57. The smallest absolute Gasteiger partial charge is 0.265 e. The number of amides is 1. The zero-order valence-electron chi connectivity index (χ0n) is 16.1. The Morgan fingerprint density at radius 1 is 1.07 bits per heavy atom. The van der Waals surface area contributed by atoms with Gasteiger partial charge in [0.2, 0.25) is 0 Å². The van der Waals surface area contributed by atoms with Crippen LogP contribution in [0.25, 0.3) is 16.6 Å². The lowest BCUT2D eigenvalue weighted by Gasteiger charge is -2.09. The number of nitrogens with one attached hydrogen (secondary N) is 1. The third-order valence-electron chi connectivity index (χ3n) is 4.63. The van der Waals surface area contributed by atoms with Crippen molar-refractivity contribution in [2.24, 2.45) is 0 Å². The number of carbonyl (C=O) groups excluding carboxylic acids is 1. The van der Waals surface area contributed by atoms with Gasteiger partial charge in [0.25, 0.3) is 11.5 Å². The number of rotatable bonds is 6. The van der Waals surface area contributed by atoms with Gasteiger partial charge in [0.15, 0.2) is 0 Å². The van der Waals surface area contributed by atoms with Crippen molar-refractivity contribution in [3.8, 4) is 5.75 Å². The molecule has 0 aliphatic carbocycles. The monoisotopic (exact) mass is 387 g/mol. The van der Waals surface area contributed by atoms with Gasteiger partial charge in [-0.25, -0.2) is 4.98 Å². The van der Waals surface area contributed by atoms with E-state index in [1.165, 1.54) is 10.6 Å². The Morgan fingerprint density at radius 3 is 2.66 bits per heavy atom. The summed E-state index contributed by atoms with van der Waals surface area (Å²) in [4.78, 5) is 29.8. The maximum Gasteiger partial charge on any atom is 0.265 e. The normalized spacial score (nSPS) is 10.9. The Bertz CT molecular complexity index is 1230. The molecule has 2 aromatic carbocycles. The van der Waals surface area contributed by atoms with Crippen molar-refractivity contribution in [2.45, 2.75) is 19.9 Å². The summed E-state index contributed by atoms with van der Waals surface area (Å²) < 4.78 is 6.98. The second-order valence-electron chi connectivity index (χ2n) is 6.76. The molecule has 0 fully saturated rings. The number of nitrogens with zero attached hydrogens (tertiary/aromatic N) is 2. The van der Waals surface area contributed by atoms with E-state index in [2.05, 4.69) is 17.2 Å². The minimum Gasteiger partial charge on any atom is -0.494 e. The van der Waals surface area contributed by atoms with Crippen LogP contribution in [0.5, 0.6) is 5.75 Å². The van der Waals surface area contributed by atoms with E-state index in [1.54, 1.807) is 30.3 Å². The molecule has 1 N–H and O–H groups in total. The summed E-state index contributed by atoms with van der Waals surface area (Å²) in [5, 5.41) is 3.40. The number of aromatic nitrogens is 2. The summed E-state index contributed by atoms with van der Waals surface area (Å²) in [5.74, 6) is 0.564. The van der Waals surface area contributed by atoms with Crippen LogP contribution in [0.4, 0.5) is 0 Å². The summed E-state index contributed by atoms with van der Waals surface area (Å²) in [6.07, 6.45) is 2.49. The number of para-hydroxylation sites is 1. The fourth-order valence-corrected chi connectivity index (χ4v) is 3.09. The van der Waals surface area contributed by atoms with Gasteiger partial charge in [0, 0.05) is 12.7 Å². The molecule has 146 valence electrons. The van der Waals surface area contributed by atoms with Crippen LogP contribution in [-0.2, 0) is 6.54 Å². The quantitative estimate of drug-likeness (QED) is 0.514. The minimum atomic E-state index is -0.252. The van der Waals surface area contributed by atoms with Crippen molar-refractivity contribution in [3.05, 3.63) is 88.3 Å². The lowest BCUT2D eigenvalue weighted by Crippen LogP contribution is -2.24. The molecule has 0 bridgehead atoms. The van der Waals surface area contributed by atoms with Crippen molar-refractivity contribution in [3.63, 3.8) is 0 Å². The van der Waals surface area contributed by atoms with Gasteiger partial charge in [-0.05, 0) is 48.4 Å². The Hall–Kier alpha value is -3.67. The van der Waals surface area contributed by atoms with Crippen molar-refractivity contribution >= 4 is 22.5 Å². The molecule has 0 atom stereocenters. The standard InChI is InChI=1S/C23H21N3O3/c1-2-13-29-18-10-7-16(8-11-18)14-24-22(27)17-9-12-21-25-20-6-4-3-5-19(20)23(28)26(21)15-17/h3-12,15H,2,13-14H2,1H3,(H,24,27). The van der Waals surface area contributed by atoms with Crippen LogP contribution < -0.4 is 15.6 Å². The minimum absolute atomic E-state index is 0.192. The van der Waals surface area contributed by atoms with Gasteiger partial charge in [-0.2, -0.15) is 0 Å². The predicted molar refractivity (Wildman–Crippen MR) is 112 cm³/mol. The van der Waals surface area contributed by atoms with Crippen LogP contribution in [0, 0.1) is 0 Å². The third kappa shape index (κ3) is 3.96. The number of fused-ring (bicyclic) bond motifs is 2. The first-order valence-corrected chi connectivity index (χ1v) is 9.57. The topological polar surface area (TPSA) is 72.7 Å². The van der Waals surface area contributed by atoms with E-state index in [1.807, 2.05) is 30.3 Å². The van der Waals surface area contributed by atoms with E-state index < -0.39 is 0 Å². The maximum atomic E-state index is 12.7. The van der Waals surface area contributed by atoms with Crippen LogP contribution in [0.1, 0.15) is 29.3 Å². The van der Waals surface area contributed by atoms with Gasteiger partial charge in [0.1, 0.15) is 11.4 Å². The number of pyridine rings is 1. The highest BCUT2D eigenvalue weighted by Crippen LogP contribution is 2.13. The van der Waals surface area contributed by atoms with E-state index in [4.69, 9.17) is 4.74 Å². The molecule has 0 radical (unpaired) electrons. The summed E-state index contributed by atoms with van der Waals surface area (Å²) in [6, 6.07) is 18.2. The van der Waals surface area contributed by atoms with Crippen molar-refractivity contribution in [1.29, 1.82) is 0 Å². The van der Waals surface area contributed by atoms with E-state index in [9.17, 15) is 9.59 Å². The zero-order valence-corrected chi connectivity index (χ0v) is 16.1. The molecule has 2 heterocycles. The average molecular weight is 387 g/mol. The summed E-state index contributed by atoms with van der Waals surface area (Å²) in [5.41, 5.74) is 2.32. The molecular formula is C23H21N3O3. The van der Waals surface area contributed by atoms with Crippen LogP contribution in [-0.4, -0.2) is 21.9 Å². The molecule has 1 amide bonds. The largest absolute Gasteiger partial charge is 0.494 e. The third-order valence-corrected chi connectivity index (χ3v) is 4.63. The molecule has 4 aromatic rings. The molecule has 0 unspecified atom stereocenters. The lowest BCUT2D eigenvalue weighted by atomic mass is 10.2. The highest BCUT2D eigenvalue weighted by atomic mass is 16.5. The first kappa shape index (κ1) is 18.7. The number of hydrogen-bond acceptors (Lipinski definition) is 4. The second-order valence-corrected chi connectivity index (χ2v) is 6.76. The molecule has 29 heavy (non-hydrogen) atoms. The maximum absolute atomic E-state index is 12.7. The molecule has 0 saturated heterocycles. The number of benzene rings is 2. The summed E-state index contributed by atoms with van der Waals surface area (Å²) >= 11 is 0. The number of ether oxygens (including phenoxy) is 1. The van der Waals surface area contributed by atoms with Gasteiger partial charge < -0.3 is 10.1 Å². The van der Waals surface area contributed by atoms with Crippen molar-refractivity contribution in [2.75, 3.05) is 6.61 Å². The highest BCUT2D eigenvalue weighted by Gasteiger charge is 2.10. The molecule has 0 aliphatic heterocycles. The molecule has 0 saturated carbocycles. The fraction of sp³-hybridized carbons (Fsp3) is 0.174. The SMILES string of the molecule is CCCOc1ccc(CNC(=O)c2ccc3nc4ccccc4c(=O)n3c2)cc1. The van der Waals surface area contributed by atoms with Crippen LogP contribution in [0.15, 0.2) is 71.7 Å². The lowest BCUT2D eigenvalue weighted by molar-refractivity contribution is 0.0950. The van der Waals surface area contributed by atoms with Crippen LogP contribution >= 0.6 is 0 Å². The first-order chi connectivity index (χ1) is 14.2. The van der Waals surface area contributed by atoms with E-state index in [0.717, 1.165) is 17.7 Å². The average Bonchev–Trinajstić information content (AvgIpc) is 2.77. The molecule has 4 rings (SSSR count). The van der Waals surface area contributed by atoms with E-state index >= 15 is 0 Å². The van der Waals surface area contributed by atoms with Gasteiger partial charge in [-0.3, -0.25) is 14.0 Å². The Kier molecular flexibility index (Phi) is 5.24. The van der Waals surface area contributed by atoms with Gasteiger partial charge in [0.05, 0.1) is 23.1 Å². The number of carbonyl (C=O) groups is 1. The second kappa shape index (κ2) is 8.14. The summed E-state index contributed by atoms with van der Waals surface area (Å²) in [7, 11) is 0.